The standard InChI is InChI=1S/C27H23F5N4O3S/c1-26(2)23(37)36(18-8-11-21(29)20(13-18)27(30,31)32)25(39)35(26)14-15-4-5-16(28)12-22(15)34-24(38)33-17-6-9-19(40-3)10-7-17/h4-13H,14H2,1-3H3,(H2,33,34,38). The maximum Gasteiger partial charge on any atom is 0.419 e. The maximum absolute atomic E-state index is 14.1. The van der Waals surface area contributed by atoms with Gasteiger partial charge in [-0.2, -0.15) is 13.2 Å². The molecule has 0 saturated carbocycles. The van der Waals surface area contributed by atoms with Crippen molar-refractivity contribution in [1.29, 1.82) is 0 Å². The van der Waals surface area contributed by atoms with Crippen LogP contribution in [0.25, 0.3) is 0 Å². The molecule has 1 saturated heterocycles. The highest BCUT2D eigenvalue weighted by atomic mass is 32.2. The number of carbonyl (C=O) groups excluding carboxylic acids is 3. The number of imide groups is 1. The predicted molar refractivity (Wildman–Crippen MR) is 141 cm³/mol. The number of benzene rings is 3. The molecule has 0 unspecified atom stereocenters. The SMILES string of the molecule is CSc1ccc(NC(=O)Nc2cc(F)ccc2CN2C(=O)N(c3ccc(F)c(C(F)(F)F)c3)C(=O)C2(C)C)cc1. The first-order chi connectivity index (χ1) is 18.7. The normalized spacial score (nSPS) is 15.0. The summed E-state index contributed by atoms with van der Waals surface area (Å²) in [6.07, 6.45) is -3.15. The highest BCUT2D eigenvalue weighted by molar-refractivity contribution is 7.98. The van der Waals surface area contributed by atoms with Gasteiger partial charge < -0.3 is 15.5 Å². The van der Waals surface area contributed by atoms with Crippen LogP contribution >= 0.6 is 11.8 Å². The number of urea groups is 2. The topological polar surface area (TPSA) is 81.8 Å². The maximum atomic E-state index is 14.1. The van der Waals surface area contributed by atoms with E-state index in [4.69, 9.17) is 0 Å². The zero-order valence-corrected chi connectivity index (χ0v) is 22.2. The van der Waals surface area contributed by atoms with Crippen LogP contribution in [-0.4, -0.2) is 34.7 Å². The molecule has 40 heavy (non-hydrogen) atoms. The summed E-state index contributed by atoms with van der Waals surface area (Å²) in [5.41, 5.74) is -2.89. The molecule has 0 bridgehead atoms. The van der Waals surface area contributed by atoms with E-state index < -0.39 is 52.6 Å². The molecule has 3 aromatic rings. The van der Waals surface area contributed by atoms with Crippen LogP contribution in [-0.2, 0) is 17.5 Å². The largest absolute Gasteiger partial charge is 0.419 e. The molecule has 3 aromatic carbocycles. The number of hydrogen-bond acceptors (Lipinski definition) is 4. The van der Waals surface area contributed by atoms with E-state index in [2.05, 4.69) is 10.6 Å². The van der Waals surface area contributed by atoms with Crippen molar-refractivity contribution in [3.05, 3.63) is 83.4 Å². The lowest BCUT2D eigenvalue weighted by atomic mass is 10.0. The van der Waals surface area contributed by atoms with Crippen LogP contribution in [0, 0.1) is 11.6 Å². The van der Waals surface area contributed by atoms with E-state index in [-0.39, 0.29) is 17.8 Å². The van der Waals surface area contributed by atoms with Crippen molar-refractivity contribution in [2.24, 2.45) is 0 Å². The Morgan fingerprint density at radius 1 is 0.950 bits per heavy atom. The number of alkyl halides is 3. The summed E-state index contributed by atoms with van der Waals surface area (Å²) in [6, 6.07) is 10.6. The van der Waals surface area contributed by atoms with Crippen LogP contribution in [0.4, 0.5) is 48.6 Å². The summed E-state index contributed by atoms with van der Waals surface area (Å²) in [7, 11) is 0. The van der Waals surface area contributed by atoms with Gasteiger partial charge in [-0.15, -0.1) is 11.8 Å². The monoisotopic (exact) mass is 578 g/mol. The Balaban J connectivity index is 1.60. The first-order valence-corrected chi connectivity index (χ1v) is 13.0. The number of nitrogens with zero attached hydrogens (tertiary/aromatic N) is 2. The Morgan fingerprint density at radius 3 is 2.25 bits per heavy atom. The van der Waals surface area contributed by atoms with E-state index in [1.165, 1.54) is 31.7 Å². The van der Waals surface area contributed by atoms with Crippen molar-refractivity contribution in [2.75, 3.05) is 21.8 Å². The number of nitrogens with one attached hydrogen (secondary N) is 2. The average molecular weight is 579 g/mol. The number of carbonyl (C=O) groups is 3. The van der Waals surface area contributed by atoms with Crippen LogP contribution in [0.1, 0.15) is 25.0 Å². The molecule has 0 aromatic heterocycles. The first-order valence-electron chi connectivity index (χ1n) is 11.8. The van der Waals surface area contributed by atoms with Crippen molar-refractivity contribution >= 4 is 46.8 Å². The Bertz CT molecular complexity index is 1480. The smallest absolute Gasteiger partial charge is 0.308 e. The molecule has 1 heterocycles. The van der Waals surface area contributed by atoms with Crippen molar-refractivity contribution in [3.8, 4) is 0 Å². The summed E-state index contributed by atoms with van der Waals surface area (Å²) < 4.78 is 67.8. The van der Waals surface area contributed by atoms with Crippen LogP contribution in [0.2, 0.25) is 0 Å². The van der Waals surface area contributed by atoms with E-state index in [9.17, 15) is 36.3 Å². The van der Waals surface area contributed by atoms with Crippen molar-refractivity contribution in [3.63, 3.8) is 0 Å². The Hall–Kier alpha value is -4.13. The lowest BCUT2D eigenvalue weighted by Gasteiger charge is -2.28. The Kier molecular flexibility index (Phi) is 7.79. The molecule has 0 spiro atoms. The van der Waals surface area contributed by atoms with Crippen LogP contribution < -0.4 is 15.5 Å². The van der Waals surface area contributed by atoms with Crippen LogP contribution in [0.5, 0.6) is 0 Å². The third-order valence-corrected chi connectivity index (χ3v) is 7.08. The van der Waals surface area contributed by atoms with Gasteiger partial charge in [-0.3, -0.25) is 4.79 Å². The van der Waals surface area contributed by atoms with Gasteiger partial charge in [-0.25, -0.2) is 23.3 Å². The zero-order chi connectivity index (χ0) is 29.4. The number of hydrogen-bond donors (Lipinski definition) is 2. The molecule has 13 heteroatoms. The van der Waals surface area contributed by atoms with Gasteiger partial charge in [0, 0.05) is 10.6 Å². The van der Waals surface area contributed by atoms with Crippen molar-refractivity contribution in [2.45, 2.75) is 37.0 Å². The fourth-order valence-corrected chi connectivity index (χ4v) is 4.54. The molecular formula is C27H23F5N4O3S. The minimum atomic E-state index is -5.05. The molecule has 210 valence electrons. The minimum Gasteiger partial charge on any atom is -0.308 e. The van der Waals surface area contributed by atoms with Crippen LogP contribution in [0.15, 0.2) is 65.6 Å². The lowest BCUT2D eigenvalue weighted by molar-refractivity contribution is -0.140. The number of thioether (sulfide) groups is 1. The van der Waals surface area contributed by atoms with Crippen LogP contribution in [0.3, 0.4) is 0 Å². The molecule has 2 N–H and O–H groups in total. The fraction of sp³-hybridized carbons (Fsp3) is 0.222. The Morgan fingerprint density at radius 2 is 1.62 bits per heavy atom. The third-order valence-electron chi connectivity index (χ3n) is 6.33. The minimum absolute atomic E-state index is 0.00822. The van der Waals surface area contributed by atoms with Gasteiger partial charge in [0.05, 0.1) is 23.5 Å². The number of anilines is 3. The van der Waals surface area contributed by atoms with E-state index in [1.54, 1.807) is 24.3 Å². The molecule has 1 fully saturated rings. The van der Waals surface area contributed by atoms with Gasteiger partial charge in [-0.05, 0) is 80.3 Å². The summed E-state index contributed by atoms with van der Waals surface area (Å²) in [5, 5.41) is 5.15. The predicted octanol–water partition coefficient (Wildman–Crippen LogP) is 7.10. The summed E-state index contributed by atoms with van der Waals surface area (Å²) in [6.45, 7) is 2.48. The fourth-order valence-electron chi connectivity index (χ4n) is 4.13. The van der Waals surface area contributed by atoms with E-state index in [0.29, 0.717) is 22.7 Å². The van der Waals surface area contributed by atoms with Gasteiger partial charge in [0.25, 0.3) is 5.91 Å². The second-order valence-corrected chi connectivity index (χ2v) is 10.2. The molecular weight excluding hydrogens is 555 g/mol. The molecule has 4 rings (SSSR count). The highest BCUT2D eigenvalue weighted by Crippen LogP contribution is 2.38. The Labute approximate surface area is 230 Å². The molecule has 0 aliphatic carbocycles. The molecule has 1 aliphatic rings. The van der Waals surface area contributed by atoms with E-state index in [1.807, 2.05) is 6.26 Å². The molecule has 7 nitrogen and oxygen atoms in total. The first kappa shape index (κ1) is 28.9. The molecule has 0 radical (unpaired) electrons. The average Bonchev–Trinajstić information content (AvgIpc) is 3.04. The molecule has 5 amide bonds. The van der Waals surface area contributed by atoms with E-state index >= 15 is 0 Å². The van der Waals surface area contributed by atoms with Gasteiger partial charge in [0.2, 0.25) is 0 Å². The molecule has 1 aliphatic heterocycles. The summed E-state index contributed by atoms with van der Waals surface area (Å²) in [4.78, 5) is 41.8. The highest BCUT2D eigenvalue weighted by Gasteiger charge is 2.52. The molecule has 0 atom stereocenters. The van der Waals surface area contributed by atoms with Crippen molar-refractivity contribution in [1.82, 2.24) is 4.90 Å². The third kappa shape index (κ3) is 5.74. The van der Waals surface area contributed by atoms with Gasteiger partial charge >= 0.3 is 18.2 Å². The zero-order valence-electron chi connectivity index (χ0n) is 21.4. The number of halogens is 5. The van der Waals surface area contributed by atoms with Gasteiger partial charge in [-0.1, -0.05) is 6.07 Å². The second kappa shape index (κ2) is 10.8. The lowest BCUT2D eigenvalue weighted by Crippen LogP contribution is -2.43. The number of amides is 5. The second-order valence-electron chi connectivity index (χ2n) is 9.34. The van der Waals surface area contributed by atoms with Crippen molar-refractivity contribution < 1.29 is 36.3 Å². The summed E-state index contributed by atoms with van der Waals surface area (Å²) >= 11 is 1.52. The van der Waals surface area contributed by atoms with Gasteiger partial charge in [0.15, 0.2) is 0 Å². The van der Waals surface area contributed by atoms with Gasteiger partial charge in [0.1, 0.15) is 17.2 Å². The van der Waals surface area contributed by atoms with E-state index in [0.717, 1.165) is 28.0 Å². The number of rotatable bonds is 6. The summed E-state index contributed by atoms with van der Waals surface area (Å²) in [5.74, 6) is -3.08. The quantitative estimate of drug-likeness (QED) is 0.186.